The van der Waals surface area contributed by atoms with Crippen LogP contribution in [0, 0.1) is 5.92 Å². The van der Waals surface area contributed by atoms with E-state index in [1.807, 2.05) is 0 Å². The number of halogens is 1. The second kappa shape index (κ2) is 8.74. The van der Waals surface area contributed by atoms with Gasteiger partial charge in [0.2, 0.25) is 0 Å². The molecule has 0 saturated heterocycles. The van der Waals surface area contributed by atoms with E-state index < -0.39 is 0 Å². The van der Waals surface area contributed by atoms with Crippen LogP contribution in [0.25, 0.3) is 0 Å². The summed E-state index contributed by atoms with van der Waals surface area (Å²) in [4.78, 5) is 0. The first-order valence-corrected chi connectivity index (χ1v) is 8.04. The molecule has 17 heavy (non-hydrogen) atoms. The molecule has 0 fully saturated rings. The van der Waals surface area contributed by atoms with Crippen LogP contribution in [0.5, 0.6) is 0 Å². The van der Waals surface area contributed by atoms with Gasteiger partial charge in [0.05, 0.1) is 0 Å². The first-order chi connectivity index (χ1) is 8.31. The molecule has 96 valence electrons. The van der Waals surface area contributed by atoms with Crippen molar-refractivity contribution in [3.05, 3.63) is 35.9 Å². The SMILES string of the molecule is CCCCC(CC)CC(CBr)c1ccccc1. The zero-order valence-electron chi connectivity index (χ0n) is 11.2. The Hall–Kier alpha value is -0.300. The molecule has 0 saturated carbocycles. The van der Waals surface area contributed by atoms with E-state index in [1.165, 1.54) is 37.7 Å². The van der Waals surface area contributed by atoms with E-state index in [0.717, 1.165) is 11.2 Å². The zero-order chi connectivity index (χ0) is 12.5. The number of alkyl halides is 1. The average Bonchev–Trinajstić information content (AvgIpc) is 2.40. The van der Waals surface area contributed by atoms with Crippen molar-refractivity contribution in [1.82, 2.24) is 0 Å². The molecule has 0 spiro atoms. The molecule has 0 N–H and O–H groups in total. The number of rotatable bonds is 8. The fraction of sp³-hybridized carbons (Fsp3) is 0.625. The van der Waals surface area contributed by atoms with Gasteiger partial charge in [0.25, 0.3) is 0 Å². The lowest BCUT2D eigenvalue weighted by Crippen LogP contribution is -2.08. The second-order valence-electron chi connectivity index (χ2n) is 4.91. The normalized spacial score (nSPS) is 14.5. The van der Waals surface area contributed by atoms with Crippen LogP contribution in [-0.2, 0) is 0 Å². The summed E-state index contributed by atoms with van der Waals surface area (Å²) in [5.74, 6) is 1.57. The third-order valence-electron chi connectivity index (χ3n) is 3.62. The Morgan fingerprint density at radius 3 is 2.35 bits per heavy atom. The highest BCUT2D eigenvalue weighted by molar-refractivity contribution is 9.09. The molecule has 2 atom stereocenters. The van der Waals surface area contributed by atoms with E-state index in [9.17, 15) is 0 Å². The maximum absolute atomic E-state index is 3.68. The molecule has 2 unspecified atom stereocenters. The van der Waals surface area contributed by atoms with Gasteiger partial charge in [-0.1, -0.05) is 85.8 Å². The van der Waals surface area contributed by atoms with Crippen molar-refractivity contribution in [3.8, 4) is 0 Å². The Kier molecular flexibility index (Phi) is 7.59. The van der Waals surface area contributed by atoms with Crippen molar-refractivity contribution in [2.45, 2.75) is 51.9 Å². The predicted octanol–water partition coefficient (Wildman–Crippen LogP) is 5.77. The monoisotopic (exact) mass is 296 g/mol. The highest BCUT2D eigenvalue weighted by atomic mass is 79.9. The van der Waals surface area contributed by atoms with Crippen LogP contribution in [0.15, 0.2) is 30.3 Å². The minimum atomic E-state index is 0.679. The molecular formula is C16H25Br. The number of hydrogen-bond donors (Lipinski definition) is 0. The molecule has 0 bridgehead atoms. The Balaban J connectivity index is 2.56. The molecule has 1 rings (SSSR count). The van der Waals surface area contributed by atoms with Gasteiger partial charge in [-0.25, -0.2) is 0 Å². The molecule has 0 aromatic heterocycles. The summed E-state index contributed by atoms with van der Waals surface area (Å²) < 4.78 is 0. The summed E-state index contributed by atoms with van der Waals surface area (Å²) >= 11 is 3.68. The second-order valence-corrected chi connectivity index (χ2v) is 5.56. The number of benzene rings is 1. The van der Waals surface area contributed by atoms with Crippen molar-refractivity contribution in [2.24, 2.45) is 5.92 Å². The fourth-order valence-electron chi connectivity index (χ4n) is 2.40. The third kappa shape index (κ3) is 5.25. The van der Waals surface area contributed by atoms with Gasteiger partial charge in [0, 0.05) is 5.33 Å². The molecular weight excluding hydrogens is 272 g/mol. The lowest BCUT2D eigenvalue weighted by atomic mass is 9.86. The van der Waals surface area contributed by atoms with Crippen LogP contribution in [0.4, 0.5) is 0 Å². The van der Waals surface area contributed by atoms with Gasteiger partial charge in [-0.15, -0.1) is 0 Å². The molecule has 0 aliphatic heterocycles. The molecule has 0 nitrogen and oxygen atoms in total. The highest BCUT2D eigenvalue weighted by Crippen LogP contribution is 2.29. The van der Waals surface area contributed by atoms with Gasteiger partial charge in [-0.2, -0.15) is 0 Å². The smallest absolute Gasteiger partial charge is 0.0100 e. The van der Waals surface area contributed by atoms with E-state index >= 15 is 0 Å². The van der Waals surface area contributed by atoms with Crippen LogP contribution in [0.3, 0.4) is 0 Å². The van der Waals surface area contributed by atoms with E-state index in [-0.39, 0.29) is 0 Å². The van der Waals surface area contributed by atoms with Crippen LogP contribution < -0.4 is 0 Å². The minimum Gasteiger partial charge on any atom is -0.0921 e. The Morgan fingerprint density at radius 2 is 1.82 bits per heavy atom. The topological polar surface area (TPSA) is 0 Å². The number of hydrogen-bond acceptors (Lipinski definition) is 0. The molecule has 1 aromatic carbocycles. The van der Waals surface area contributed by atoms with Gasteiger partial charge in [0.1, 0.15) is 0 Å². The van der Waals surface area contributed by atoms with E-state index in [1.54, 1.807) is 0 Å². The Labute approximate surface area is 115 Å². The molecule has 0 radical (unpaired) electrons. The van der Waals surface area contributed by atoms with Gasteiger partial charge in [-0.05, 0) is 23.8 Å². The van der Waals surface area contributed by atoms with Gasteiger partial charge in [-0.3, -0.25) is 0 Å². The van der Waals surface area contributed by atoms with E-state index in [2.05, 4.69) is 60.1 Å². The first kappa shape index (κ1) is 14.8. The molecule has 0 amide bonds. The Morgan fingerprint density at radius 1 is 1.12 bits per heavy atom. The molecule has 0 aliphatic rings. The van der Waals surface area contributed by atoms with Crippen molar-refractivity contribution in [3.63, 3.8) is 0 Å². The van der Waals surface area contributed by atoms with Crippen LogP contribution in [0.2, 0.25) is 0 Å². The highest BCUT2D eigenvalue weighted by Gasteiger charge is 2.15. The standard InChI is InChI=1S/C16H25Br/c1-3-5-9-14(4-2)12-16(13-17)15-10-7-6-8-11-15/h6-8,10-11,14,16H,3-5,9,12-13H2,1-2H3. The van der Waals surface area contributed by atoms with Crippen molar-refractivity contribution in [1.29, 1.82) is 0 Å². The van der Waals surface area contributed by atoms with Crippen molar-refractivity contribution < 1.29 is 0 Å². The summed E-state index contributed by atoms with van der Waals surface area (Å²) in [6.07, 6.45) is 6.73. The average molecular weight is 297 g/mol. The maximum Gasteiger partial charge on any atom is 0.0100 e. The molecule has 0 heterocycles. The van der Waals surface area contributed by atoms with Crippen molar-refractivity contribution >= 4 is 15.9 Å². The lowest BCUT2D eigenvalue weighted by molar-refractivity contribution is 0.397. The van der Waals surface area contributed by atoms with Crippen LogP contribution >= 0.6 is 15.9 Å². The molecule has 0 aliphatic carbocycles. The summed E-state index contributed by atoms with van der Waals surface area (Å²) in [6.45, 7) is 4.61. The van der Waals surface area contributed by atoms with E-state index in [4.69, 9.17) is 0 Å². The quantitative estimate of drug-likeness (QED) is 0.534. The third-order valence-corrected chi connectivity index (χ3v) is 4.40. The summed E-state index contributed by atoms with van der Waals surface area (Å²) in [5, 5.41) is 1.08. The predicted molar refractivity (Wildman–Crippen MR) is 80.9 cm³/mol. The summed E-state index contributed by atoms with van der Waals surface area (Å²) in [6, 6.07) is 10.9. The van der Waals surface area contributed by atoms with Crippen LogP contribution in [-0.4, -0.2) is 5.33 Å². The fourth-order valence-corrected chi connectivity index (χ4v) is 3.04. The van der Waals surface area contributed by atoms with Crippen LogP contribution in [0.1, 0.15) is 57.4 Å². The van der Waals surface area contributed by atoms with Gasteiger partial charge in [0.15, 0.2) is 0 Å². The largest absolute Gasteiger partial charge is 0.0921 e. The summed E-state index contributed by atoms with van der Waals surface area (Å²) in [7, 11) is 0. The lowest BCUT2D eigenvalue weighted by Gasteiger charge is -2.21. The Bertz CT molecular complexity index is 281. The summed E-state index contributed by atoms with van der Waals surface area (Å²) in [5.41, 5.74) is 1.49. The van der Waals surface area contributed by atoms with E-state index in [0.29, 0.717) is 5.92 Å². The zero-order valence-corrected chi connectivity index (χ0v) is 12.7. The number of unbranched alkanes of at least 4 members (excludes halogenated alkanes) is 1. The van der Waals surface area contributed by atoms with Gasteiger partial charge >= 0.3 is 0 Å². The molecule has 1 aromatic rings. The minimum absolute atomic E-state index is 0.679. The first-order valence-electron chi connectivity index (χ1n) is 6.92. The van der Waals surface area contributed by atoms with Crippen molar-refractivity contribution in [2.75, 3.05) is 5.33 Å². The van der Waals surface area contributed by atoms with Gasteiger partial charge < -0.3 is 0 Å². The maximum atomic E-state index is 3.68. The molecule has 1 heteroatoms.